The van der Waals surface area contributed by atoms with Gasteiger partial charge >= 0.3 is 0 Å². The minimum absolute atomic E-state index is 0.430. The third-order valence-electron chi connectivity index (χ3n) is 3.24. The normalized spacial score (nSPS) is 10.4. The number of nitrogens with zero attached hydrogens (tertiary/aromatic N) is 2. The summed E-state index contributed by atoms with van der Waals surface area (Å²) in [4.78, 5) is 0. The van der Waals surface area contributed by atoms with Crippen molar-refractivity contribution in [1.82, 2.24) is 9.78 Å². The van der Waals surface area contributed by atoms with E-state index in [2.05, 4.69) is 15.7 Å². The van der Waals surface area contributed by atoms with Crippen LogP contribution in [0, 0.1) is 0 Å². The van der Waals surface area contributed by atoms with Crippen molar-refractivity contribution >= 4 is 52.0 Å². The zero-order valence-electron chi connectivity index (χ0n) is 12.5. The molecular weight excluding hydrogens is 363 g/mol. The van der Waals surface area contributed by atoms with Crippen molar-refractivity contribution in [2.75, 3.05) is 10.6 Å². The third-order valence-corrected chi connectivity index (χ3v) is 3.97. The molecule has 0 bridgehead atoms. The summed E-state index contributed by atoms with van der Waals surface area (Å²) in [6, 6.07) is 17.2. The molecule has 3 aromatic rings. The highest BCUT2D eigenvalue weighted by Gasteiger charge is 2.09. The number of benzene rings is 2. The molecule has 0 aliphatic rings. The van der Waals surface area contributed by atoms with Gasteiger partial charge in [-0.15, -0.1) is 0 Å². The molecule has 0 spiro atoms. The van der Waals surface area contributed by atoms with Crippen LogP contribution >= 0.6 is 35.4 Å². The highest BCUT2D eigenvalue weighted by Crippen LogP contribution is 2.21. The molecule has 0 aliphatic carbocycles. The zero-order valence-corrected chi connectivity index (χ0v) is 14.9. The van der Waals surface area contributed by atoms with E-state index in [4.69, 9.17) is 35.4 Å². The van der Waals surface area contributed by atoms with Crippen LogP contribution in [0.2, 0.25) is 10.0 Å². The SMILES string of the molecule is S=C(Nc1ccccc1)Nc1nn(Cc2ccc(Cl)cc2)cc1Cl. The Morgan fingerprint density at radius 2 is 1.71 bits per heavy atom. The van der Waals surface area contributed by atoms with Gasteiger partial charge in [-0.2, -0.15) is 5.10 Å². The number of nitrogens with one attached hydrogen (secondary N) is 2. The average molecular weight is 377 g/mol. The van der Waals surface area contributed by atoms with Crippen LogP contribution < -0.4 is 10.6 Å². The zero-order chi connectivity index (χ0) is 16.9. The van der Waals surface area contributed by atoms with Gasteiger partial charge in [-0.05, 0) is 42.0 Å². The first-order valence-electron chi connectivity index (χ1n) is 7.20. The van der Waals surface area contributed by atoms with Crippen LogP contribution in [0.1, 0.15) is 5.56 Å². The predicted octanol–water partition coefficient (Wildman–Crippen LogP) is 5.05. The van der Waals surface area contributed by atoms with E-state index in [1.807, 2.05) is 54.6 Å². The van der Waals surface area contributed by atoms with Gasteiger partial charge in [0.25, 0.3) is 0 Å². The Morgan fingerprint density at radius 1 is 1.00 bits per heavy atom. The van der Waals surface area contributed by atoms with Gasteiger partial charge in [0, 0.05) is 16.9 Å². The van der Waals surface area contributed by atoms with Crippen molar-refractivity contribution < 1.29 is 0 Å². The third kappa shape index (κ3) is 4.47. The summed E-state index contributed by atoms with van der Waals surface area (Å²) in [5.41, 5.74) is 1.97. The lowest BCUT2D eigenvalue weighted by Crippen LogP contribution is -2.19. The van der Waals surface area contributed by atoms with Gasteiger partial charge in [0.1, 0.15) is 5.02 Å². The van der Waals surface area contributed by atoms with Crippen molar-refractivity contribution in [3.8, 4) is 0 Å². The van der Waals surface area contributed by atoms with Crippen molar-refractivity contribution in [1.29, 1.82) is 0 Å². The Kier molecular flexibility index (Phi) is 5.35. The fraction of sp³-hybridized carbons (Fsp3) is 0.0588. The van der Waals surface area contributed by atoms with E-state index >= 15 is 0 Å². The number of para-hydroxylation sites is 1. The summed E-state index contributed by atoms with van der Waals surface area (Å²) < 4.78 is 1.75. The second kappa shape index (κ2) is 7.66. The molecule has 0 amide bonds. The summed E-state index contributed by atoms with van der Waals surface area (Å²) in [6.07, 6.45) is 1.75. The average Bonchev–Trinajstić information content (AvgIpc) is 2.90. The van der Waals surface area contributed by atoms with Crippen molar-refractivity contribution in [3.05, 3.63) is 76.4 Å². The molecule has 0 saturated carbocycles. The highest BCUT2D eigenvalue weighted by atomic mass is 35.5. The number of halogens is 2. The van der Waals surface area contributed by atoms with Gasteiger partial charge in [-0.1, -0.05) is 53.5 Å². The maximum Gasteiger partial charge on any atom is 0.176 e. The summed E-state index contributed by atoms with van der Waals surface area (Å²) >= 11 is 17.4. The molecule has 0 fully saturated rings. The Morgan fingerprint density at radius 3 is 2.42 bits per heavy atom. The fourth-order valence-electron chi connectivity index (χ4n) is 2.13. The second-order valence-corrected chi connectivity index (χ2v) is 6.35. The molecule has 3 rings (SSSR count). The molecule has 122 valence electrons. The quantitative estimate of drug-likeness (QED) is 0.625. The van der Waals surface area contributed by atoms with Crippen LogP contribution in [-0.2, 0) is 6.54 Å². The number of rotatable bonds is 4. The molecule has 0 unspecified atom stereocenters. The van der Waals surface area contributed by atoms with Crippen molar-refractivity contribution in [2.45, 2.75) is 6.54 Å². The molecule has 1 heterocycles. The van der Waals surface area contributed by atoms with Gasteiger partial charge in [0.2, 0.25) is 0 Å². The molecule has 24 heavy (non-hydrogen) atoms. The van der Waals surface area contributed by atoms with Gasteiger partial charge in [-0.25, -0.2) is 0 Å². The Bertz CT molecular complexity index is 832. The summed E-state index contributed by atoms with van der Waals surface area (Å²) in [5, 5.41) is 12.1. The molecule has 2 N–H and O–H groups in total. The van der Waals surface area contributed by atoms with Gasteiger partial charge in [0.05, 0.1) is 6.54 Å². The molecule has 0 aliphatic heterocycles. The maximum absolute atomic E-state index is 6.23. The van der Waals surface area contributed by atoms with Crippen LogP contribution in [0.15, 0.2) is 60.8 Å². The highest BCUT2D eigenvalue weighted by molar-refractivity contribution is 7.80. The molecule has 0 saturated heterocycles. The Hall–Kier alpha value is -2.08. The van der Waals surface area contributed by atoms with Crippen LogP contribution in [-0.4, -0.2) is 14.9 Å². The lowest BCUT2D eigenvalue weighted by molar-refractivity contribution is 0.690. The minimum atomic E-state index is 0.430. The van der Waals surface area contributed by atoms with Crippen LogP contribution in [0.3, 0.4) is 0 Å². The van der Waals surface area contributed by atoms with Crippen molar-refractivity contribution in [3.63, 3.8) is 0 Å². The number of hydrogen-bond acceptors (Lipinski definition) is 2. The van der Waals surface area contributed by atoms with Gasteiger partial charge in [0.15, 0.2) is 10.9 Å². The fourth-order valence-corrected chi connectivity index (χ4v) is 2.67. The standard InChI is InChI=1S/C17H14Cl2N4S/c18-13-8-6-12(7-9-13)10-23-11-15(19)16(22-23)21-17(24)20-14-4-2-1-3-5-14/h1-9,11H,10H2,(H2,20,21,22,24). The molecule has 0 radical (unpaired) electrons. The molecule has 2 aromatic carbocycles. The number of anilines is 2. The van der Waals surface area contributed by atoms with Gasteiger partial charge in [-0.3, -0.25) is 4.68 Å². The first kappa shape index (κ1) is 16.8. The van der Waals surface area contributed by atoms with Crippen LogP contribution in [0.25, 0.3) is 0 Å². The smallest absolute Gasteiger partial charge is 0.176 e. The topological polar surface area (TPSA) is 41.9 Å². The van der Waals surface area contributed by atoms with E-state index < -0.39 is 0 Å². The largest absolute Gasteiger partial charge is 0.332 e. The number of thiocarbonyl (C=S) groups is 1. The predicted molar refractivity (Wildman–Crippen MR) is 104 cm³/mol. The lowest BCUT2D eigenvalue weighted by Gasteiger charge is -2.08. The maximum atomic E-state index is 6.23. The molecule has 4 nitrogen and oxygen atoms in total. The number of aromatic nitrogens is 2. The molecule has 1 aromatic heterocycles. The van der Waals surface area contributed by atoms with Crippen LogP contribution in [0.5, 0.6) is 0 Å². The number of hydrogen-bond donors (Lipinski definition) is 2. The molecular formula is C17H14Cl2N4S. The monoisotopic (exact) mass is 376 g/mol. The van der Waals surface area contributed by atoms with E-state index in [0.717, 1.165) is 11.3 Å². The van der Waals surface area contributed by atoms with E-state index in [1.54, 1.807) is 10.9 Å². The Labute approximate surface area is 155 Å². The molecule has 0 atom stereocenters. The van der Waals surface area contributed by atoms with Gasteiger partial charge < -0.3 is 10.6 Å². The summed E-state index contributed by atoms with van der Waals surface area (Å²) in [7, 11) is 0. The van der Waals surface area contributed by atoms with Crippen molar-refractivity contribution in [2.24, 2.45) is 0 Å². The van der Waals surface area contributed by atoms with E-state index in [9.17, 15) is 0 Å². The summed E-state index contributed by atoms with van der Waals surface area (Å²) in [5.74, 6) is 0.513. The van der Waals surface area contributed by atoms with E-state index in [-0.39, 0.29) is 0 Å². The second-order valence-electron chi connectivity index (χ2n) is 5.09. The molecule has 7 heteroatoms. The first-order valence-corrected chi connectivity index (χ1v) is 8.37. The summed E-state index contributed by atoms with van der Waals surface area (Å²) in [6.45, 7) is 0.595. The minimum Gasteiger partial charge on any atom is -0.332 e. The van der Waals surface area contributed by atoms with Crippen LogP contribution in [0.4, 0.5) is 11.5 Å². The Balaban J connectivity index is 1.65. The first-order chi connectivity index (χ1) is 11.6. The van der Waals surface area contributed by atoms with E-state index in [0.29, 0.717) is 27.5 Å². The van der Waals surface area contributed by atoms with E-state index in [1.165, 1.54) is 0 Å². The lowest BCUT2D eigenvalue weighted by atomic mass is 10.2.